The first-order valence-corrected chi connectivity index (χ1v) is 7.42. The lowest BCUT2D eigenvalue weighted by molar-refractivity contribution is 0.982. The number of aromatic nitrogens is 3. The Labute approximate surface area is 135 Å². The van der Waals surface area contributed by atoms with E-state index in [4.69, 9.17) is 0 Å². The van der Waals surface area contributed by atoms with Crippen molar-refractivity contribution in [1.29, 1.82) is 5.26 Å². The van der Waals surface area contributed by atoms with Crippen LogP contribution in [0.5, 0.6) is 0 Å². The maximum Gasteiger partial charge on any atom is 0.166 e. The predicted molar refractivity (Wildman–Crippen MR) is 88.9 cm³/mol. The SMILES string of the molecule is Cc1ccc(CNc2n[nH]c(Cc3cccnc3)c2C#N)cc1. The molecule has 0 bridgehead atoms. The number of aromatic amines is 1. The summed E-state index contributed by atoms with van der Waals surface area (Å²) in [6.45, 7) is 2.69. The van der Waals surface area contributed by atoms with Crippen molar-refractivity contribution in [2.45, 2.75) is 19.9 Å². The van der Waals surface area contributed by atoms with Gasteiger partial charge in [-0.3, -0.25) is 10.1 Å². The van der Waals surface area contributed by atoms with Gasteiger partial charge in [0.25, 0.3) is 0 Å². The minimum absolute atomic E-state index is 0.556. The van der Waals surface area contributed by atoms with E-state index < -0.39 is 0 Å². The average molecular weight is 303 g/mol. The number of aryl methyl sites for hydroxylation is 1. The van der Waals surface area contributed by atoms with E-state index in [1.54, 1.807) is 12.4 Å². The number of benzene rings is 1. The van der Waals surface area contributed by atoms with Gasteiger partial charge in [0.05, 0.1) is 5.69 Å². The highest BCUT2D eigenvalue weighted by atomic mass is 15.2. The van der Waals surface area contributed by atoms with Crippen LogP contribution in [0.15, 0.2) is 48.8 Å². The molecule has 114 valence electrons. The van der Waals surface area contributed by atoms with Crippen molar-refractivity contribution < 1.29 is 0 Å². The highest BCUT2D eigenvalue weighted by Crippen LogP contribution is 2.19. The van der Waals surface area contributed by atoms with Crippen LogP contribution in [0.2, 0.25) is 0 Å². The maximum atomic E-state index is 9.43. The molecule has 5 heteroatoms. The molecule has 2 heterocycles. The average Bonchev–Trinajstić information content (AvgIpc) is 2.97. The fraction of sp³-hybridized carbons (Fsp3) is 0.167. The summed E-state index contributed by atoms with van der Waals surface area (Å²) >= 11 is 0. The zero-order valence-electron chi connectivity index (χ0n) is 12.9. The molecule has 0 fully saturated rings. The maximum absolute atomic E-state index is 9.43. The van der Waals surface area contributed by atoms with Crippen LogP contribution in [-0.4, -0.2) is 15.2 Å². The molecule has 0 radical (unpaired) electrons. The van der Waals surface area contributed by atoms with E-state index in [9.17, 15) is 5.26 Å². The second kappa shape index (κ2) is 6.75. The molecule has 1 aromatic carbocycles. The Morgan fingerprint density at radius 2 is 2.00 bits per heavy atom. The lowest BCUT2D eigenvalue weighted by Crippen LogP contribution is -2.01. The molecule has 3 aromatic rings. The van der Waals surface area contributed by atoms with Crippen molar-refractivity contribution >= 4 is 5.82 Å². The van der Waals surface area contributed by atoms with Crippen LogP contribution in [0.4, 0.5) is 5.82 Å². The molecule has 0 aliphatic heterocycles. The van der Waals surface area contributed by atoms with Gasteiger partial charge in [-0.05, 0) is 24.1 Å². The first-order chi connectivity index (χ1) is 11.3. The van der Waals surface area contributed by atoms with Crippen molar-refractivity contribution in [2.75, 3.05) is 5.32 Å². The Kier molecular flexibility index (Phi) is 4.34. The molecule has 0 amide bonds. The highest BCUT2D eigenvalue weighted by molar-refractivity contribution is 5.55. The minimum Gasteiger partial charge on any atom is -0.363 e. The molecule has 0 saturated carbocycles. The molecule has 0 spiro atoms. The minimum atomic E-state index is 0.556. The van der Waals surface area contributed by atoms with Crippen molar-refractivity contribution in [1.82, 2.24) is 15.2 Å². The van der Waals surface area contributed by atoms with Crippen molar-refractivity contribution in [3.63, 3.8) is 0 Å². The summed E-state index contributed by atoms with van der Waals surface area (Å²) in [4.78, 5) is 4.09. The smallest absolute Gasteiger partial charge is 0.166 e. The van der Waals surface area contributed by atoms with Gasteiger partial charge in [-0.15, -0.1) is 0 Å². The van der Waals surface area contributed by atoms with Gasteiger partial charge in [-0.1, -0.05) is 35.9 Å². The number of anilines is 1. The molecular formula is C18H17N5. The monoisotopic (exact) mass is 303 g/mol. The van der Waals surface area contributed by atoms with Crippen LogP contribution in [0.1, 0.15) is 27.9 Å². The third kappa shape index (κ3) is 3.55. The molecule has 3 rings (SSSR count). The largest absolute Gasteiger partial charge is 0.363 e. The Balaban J connectivity index is 1.73. The van der Waals surface area contributed by atoms with E-state index in [-0.39, 0.29) is 0 Å². The van der Waals surface area contributed by atoms with Crippen LogP contribution in [-0.2, 0) is 13.0 Å². The van der Waals surface area contributed by atoms with E-state index in [1.165, 1.54) is 5.56 Å². The third-order valence-electron chi connectivity index (χ3n) is 3.64. The topological polar surface area (TPSA) is 77.4 Å². The number of rotatable bonds is 5. The molecule has 23 heavy (non-hydrogen) atoms. The van der Waals surface area contributed by atoms with Crippen LogP contribution in [0.3, 0.4) is 0 Å². The molecule has 0 saturated heterocycles. The summed E-state index contributed by atoms with van der Waals surface area (Å²) in [7, 11) is 0. The molecule has 0 aliphatic carbocycles. The van der Waals surface area contributed by atoms with E-state index >= 15 is 0 Å². The van der Waals surface area contributed by atoms with Crippen LogP contribution < -0.4 is 5.32 Å². The van der Waals surface area contributed by atoms with Crippen LogP contribution in [0.25, 0.3) is 0 Å². The summed E-state index contributed by atoms with van der Waals surface area (Å²) in [5, 5.41) is 19.9. The van der Waals surface area contributed by atoms with Crippen LogP contribution in [0, 0.1) is 18.3 Å². The molecule has 2 N–H and O–H groups in total. The van der Waals surface area contributed by atoms with Crippen molar-refractivity contribution in [3.8, 4) is 6.07 Å². The number of hydrogen-bond donors (Lipinski definition) is 2. The molecule has 0 atom stereocenters. The summed E-state index contributed by atoms with van der Waals surface area (Å²) < 4.78 is 0. The molecule has 0 unspecified atom stereocenters. The van der Waals surface area contributed by atoms with Gasteiger partial charge < -0.3 is 5.32 Å². The number of nitriles is 1. The first kappa shape index (κ1) is 14.8. The summed E-state index contributed by atoms with van der Waals surface area (Å²) in [5.41, 5.74) is 4.77. The molecular weight excluding hydrogens is 286 g/mol. The number of H-pyrrole nitrogens is 1. The van der Waals surface area contributed by atoms with Gasteiger partial charge >= 0.3 is 0 Å². The fourth-order valence-electron chi connectivity index (χ4n) is 2.35. The van der Waals surface area contributed by atoms with Gasteiger partial charge in [0.15, 0.2) is 5.82 Å². The number of nitrogens with zero attached hydrogens (tertiary/aromatic N) is 3. The fourth-order valence-corrected chi connectivity index (χ4v) is 2.35. The standard InChI is InChI=1S/C18H17N5/c1-13-4-6-14(7-5-13)12-21-18-16(10-19)17(22-23-18)9-15-3-2-8-20-11-15/h2-8,11H,9,12H2,1H3,(H2,21,22,23). The zero-order valence-corrected chi connectivity index (χ0v) is 12.9. The molecule has 2 aromatic heterocycles. The predicted octanol–water partition coefficient (Wildman–Crippen LogP) is 3.19. The second-order valence-corrected chi connectivity index (χ2v) is 5.41. The van der Waals surface area contributed by atoms with E-state index in [0.29, 0.717) is 24.3 Å². The summed E-state index contributed by atoms with van der Waals surface area (Å²) in [6, 6.07) is 14.4. The molecule has 0 aliphatic rings. The third-order valence-corrected chi connectivity index (χ3v) is 3.64. The Morgan fingerprint density at radius 1 is 1.17 bits per heavy atom. The lowest BCUT2D eigenvalue weighted by Gasteiger charge is -2.04. The summed E-state index contributed by atoms with van der Waals surface area (Å²) in [5.74, 6) is 0.590. The van der Waals surface area contributed by atoms with E-state index in [2.05, 4.69) is 57.8 Å². The number of nitrogens with one attached hydrogen (secondary N) is 2. The number of hydrogen-bond acceptors (Lipinski definition) is 4. The first-order valence-electron chi connectivity index (χ1n) is 7.42. The number of pyridine rings is 1. The lowest BCUT2D eigenvalue weighted by atomic mass is 10.1. The van der Waals surface area contributed by atoms with E-state index in [0.717, 1.165) is 16.8 Å². The van der Waals surface area contributed by atoms with Gasteiger partial charge in [-0.2, -0.15) is 10.4 Å². The second-order valence-electron chi connectivity index (χ2n) is 5.41. The molecule has 5 nitrogen and oxygen atoms in total. The van der Waals surface area contributed by atoms with Crippen molar-refractivity contribution in [2.24, 2.45) is 0 Å². The normalized spacial score (nSPS) is 10.3. The Morgan fingerprint density at radius 3 is 2.70 bits per heavy atom. The Hall–Kier alpha value is -3.13. The van der Waals surface area contributed by atoms with E-state index in [1.807, 2.05) is 12.1 Å². The van der Waals surface area contributed by atoms with Gasteiger partial charge in [0.1, 0.15) is 11.6 Å². The van der Waals surface area contributed by atoms with Gasteiger partial charge in [-0.25, -0.2) is 0 Å². The zero-order chi connectivity index (χ0) is 16.1. The highest BCUT2D eigenvalue weighted by Gasteiger charge is 2.13. The van der Waals surface area contributed by atoms with Gasteiger partial charge in [0.2, 0.25) is 0 Å². The van der Waals surface area contributed by atoms with Crippen molar-refractivity contribution in [3.05, 3.63) is 76.7 Å². The van der Waals surface area contributed by atoms with Crippen LogP contribution >= 0.6 is 0 Å². The van der Waals surface area contributed by atoms with Gasteiger partial charge in [0, 0.05) is 25.4 Å². The quantitative estimate of drug-likeness (QED) is 0.759. The summed E-state index contributed by atoms with van der Waals surface area (Å²) in [6.07, 6.45) is 4.13. The Bertz CT molecular complexity index is 813.